The molecule has 0 aliphatic carbocycles. The summed E-state index contributed by atoms with van der Waals surface area (Å²) in [4.78, 5) is 0. The second-order valence-electron chi connectivity index (χ2n) is 1.87. The molecule has 0 bridgehead atoms. The molecule has 10 heteroatoms. The average molecular weight is 251 g/mol. The largest absolute Gasteiger partial charge is 0.430 e. The summed E-state index contributed by atoms with van der Waals surface area (Å²) in [6, 6.07) is 0. The third kappa shape index (κ3) is 2.01. The Morgan fingerprint density at radius 1 is 0.846 bits per heavy atom. The first kappa shape index (κ1) is 12.8. The van der Waals surface area contributed by atoms with E-state index in [2.05, 4.69) is 11.6 Å². The molecule has 0 unspecified atom stereocenters. The molecular weight excluding hydrogens is 250 g/mol. The van der Waals surface area contributed by atoms with Crippen LogP contribution >= 0.6 is 11.6 Å². The van der Waals surface area contributed by atoms with Gasteiger partial charge >= 0.3 is 16.6 Å². The highest BCUT2D eigenvalue weighted by Crippen LogP contribution is 2.48. The Balaban J connectivity index is 5.49. The molecule has 0 spiro atoms. The van der Waals surface area contributed by atoms with E-state index in [-0.39, 0.29) is 0 Å². The van der Waals surface area contributed by atoms with Crippen molar-refractivity contribution < 1.29 is 34.8 Å². The zero-order valence-electron chi connectivity index (χ0n) is 5.41. The molecule has 0 amide bonds. The van der Waals surface area contributed by atoms with Crippen molar-refractivity contribution in [3.05, 3.63) is 0 Å². The molecule has 0 N–H and O–H groups in total. The molecule has 0 radical (unpaired) electrons. The van der Waals surface area contributed by atoms with E-state index in [0.29, 0.717) is 0 Å². The predicted octanol–water partition coefficient (Wildman–Crippen LogP) is 1.66. The second-order valence-corrected chi connectivity index (χ2v) is 3.89. The van der Waals surface area contributed by atoms with Gasteiger partial charge in [0.05, 0.1) is 0 Å². The van der Waals surface area contributed by atoms with Gasteiger partial charge in [0.15, 0.2) is 10.7 Å². The van der Waals surface area contributed by atoms with Crippen LogP contribution in [-0.2, 0) is 10.7 Å². The standard InChI is InChI=1S/C3HClF6O2S/c4-1(13(11)12,2(5,6)7)3(8,9)10/h13H. The van der Waals surface area contributed by atoms with Crippen LogP contribution < -0.4 is 0 Å². The molecule has 80 valence electrons. The summed E-state index contributed by atoms with van der Waals surface area (Å²) in [5.74, 6) is 0. The van der Waals surface area contributed by atoms with Gasteiger partial charge in [-0.1, -0.05) is 11.6 Å². The Labute approximate surface area is 74.4 Å². The Bertz CT molecular complexity index is 242. The Morgan fingerprint density at radius 2 is 1.08 bits per heavy atom. The fourth-order valence-electron chi connectivity index (χ4n) is 0.368. The van der Waals surface area contributed by atoms with Gasteiger partial charge in [0, 0.05) is 0 Å². The number of halogens is 7. The van der Waals surface area contributed by atoms with E-state index in [4.69, 9.17) is 0 Å². The van der Waals surface area contributed by atoms with Crippen LogP contribution in [0, 0.1) is 0 Å². The average Bonchev–Trinajstić information content (AvgIpc) is 1.80. The van der Waals surface area contributed by atoms with Crippen molar-refractivity contribution in [3.8, 4) is 0 Å². The molecule has 0 saturated heterocycles. The lowest BCUT2D eigenvalue weighted by Crippen LogP contribution is -2.53. The van der Waals surface area contributed by atoms with Gasteiger partial charge in [0.25, 0.3) is 0 Å². The highest BCUT2D eigenvalue weighted by atomic mass is 35.5. The second kappa shape index (κ2) is 3.19. The maximum absolute atomic E-state index is 11.6. The molecule has 0 saturated carbocycles. The van der Waals surface area contributed by atoms with Crippen LogP contribution in [0.4, 0.5) is 26.3 Å². The third-order valence-corrected chi connectivity index (χ3v) is 2.86. The van der Waals surface area contributed by atoms with Gasteiger partial charge in [-0.05, 0) is 0 Å². The van der Waals surface area contributed by atoms with Crippen molar-refractivity contribution in [1.29, 1.82) is 0 Å². The van der Waals surface area contributed by atoms with Crippen molar-refractivity contribution in [3.63, 3.8) is 0 Å². The van der Waals surface area contributed by atoms with E-state index in [1.165, 1.54) is 0 Å². The van der Waals surface area contributed by atoms with Crippen LogP contribution in [0.15, 0.2) is 0 Å². The van der Waals surface area contributed by atoms with E-state index in [0.717, 1.165) is 0 Å². The SMILES string of the molecule is O=[SH](=O)C(Cl)(C(F)(F)F)C(F)(F)F. The van der Waals surface area contributed by atoms with Crippen molar-refractivity contribution in [2.75, 3.05) is 0 Å². The first-order valence-electron chi connectivity index (χ1n) is 2.41. The molecule has 0 heterocycles. The quantitative estimate of drug-likeness (QED) is 0.436. The maximum atomic E-state index is 11.6. The maximum Gasteiger partial charge on any atom is 0.430 e. The molecule has 0 atom stereocenters. The van der Waals surface area contributed by atoms with Crippen molar-refractivity contribution in [1.82, 2.24) is 0 Å². The fourth-order valence-corrected chi connectivity index (χ4v) is 0.782. The van der Waals surface area contributed by atoms with E-state index in [9.17, 15) is 34.8 Å². The summed E-state index contributed by atoms with van der Waals surface area (Å²) in [5.41, 5.74) is 0. The number of alkyl halides is 7. The number of rotatable bonds is 1. The summed E-state index contributed by atoms with van der Waals surface area (Å²) in [6.07, 6.45) is -12.2. The van der Waals surface area contributed by atoms with Crippen molar-refractivity contribution >= 4 is 22.3 Å². The minimum atomic E-state index is -6.10. The highest BCUT2D eigenvalue weighted by Gasteiger charge is 2.73. The first-order valence-corrected chi connectivity index (χ1v) is 3.97. The lowest BCUT2D eigenvalue weighted by molar-refractivity contribution is -0.240. The summed E-state index contributed by atoms with van der Waals surface area (Å²) in [5, 5.41) is 0. The normalized spacial score (nSPS) is 15.1. The molecule has 0 aliphatic rings. The van der Waals surface area contributed by atoms with Crippen LogP contribution in [0.2, 0.25) is 0 Å². The zero-order valence-corrected chi connectivity index (χ0v) is 7.06. The topological polar surface area (TPSA) is 34.1 Å². The molecular formula is C3HClF6O2S. The summed E-state index contributed by atoms with van der Waals surface area (Å²) >= 11 is 3.98. The number of hydrogen-bond acceptors (Lipinski definition) is 2. The van der Waals surface area contributed by atoms with Crippen LogP contribution in [-0.4, -0.2) is 25.0 Å². The molecule has 0 rings (SSSR count). The van der Waals surface area contributed by atoms with Gasteiger partial charge in [-0.2, -0.15) is 26.3 Å². The van der Waals surface area contributed by atoms with Gasteiger partial charge in [0.1, 0.15) is 0 Å². The number of hydrogen-bond donors (Lipinski definition) is 1. The van der Waals surface area contributed by atoms with Gasteiger partial charge in [0.2, 0.25) is 0 Å². The Morgan fingerprint density at radius 3 is 1.08 bits per heavy atom. The summed E-state index contributed by atoms with van der Waals surface area (Å²) < 4.78 is 84.1. The monoisotopic (exact) mass is 250 g/mol. The fraction of sp³-hybridized carbons (Fsp3) is 1.00. The van der Waals surface area contributed by atoms with Crippen LogP contribution in [0.25, 0.3) is 0 Å². The lowest BCUT2D eigenvalue weighted by Gasteiger charge is -2.25. The smallest absolute Gasteiger partial charge is 0.229 e. The van der Waals surface area contributed by atoms with E-state index in [1.54, 1.807) is 0 Å². The third-order valence-electron chi connectivity index (χ3n) is 1.00. The molecule has 0 aromatic heterocycles. The van der Waals surface area contributed by atoms with E-state index in [1.807, 2.05) is 0 Å². The van der Waals surface area contributed by atoms with Crippen LogP contribution in [0.5, 0.6) is 0 Å². The first-order chi connectivity index (χ1) is 5.44. The van der Waals surface area contributed by atoms with Gasteiger partial charge in [-0.25, -0.2) is 8.42 Å². The Hall–Kier alpha value is -0.180. The zero-order chi connectivity index (χ0) is 11.1. The van der Waals surface area contributed by atoms with Crippen molar-refractivity contribution in [2.24, 2.45) is 0 Å². The van der Waals surface area contributed by atoms with Crippen LogP contribution in [0.1, 0.15) is 0 Å². The molecule has 13 heavy (non-hydrogen) atoms. The lowest BCUT2D eigenvalue weighted by atomic mass is 10.4. The molecule has 2 nitrogen and oxygen atoms in total. The van der Waals surface area contributed by atoms with Gasteiger partial charge in [-0.3, -0.25) is 0 Å². The van der Waals surface area contributed by atoms with E-state index >= 15 is 0 Å². The van der Waals surface area contributed by atoms with Gasteiger partial charge in [-0.15, -0.1) is 0 Å². The molecule has 0 aliphatic heterocycles. The Kier molecular flexibility index (Phi) is 3.15. The molecule has 0 aromatic rings. The minimum absolute atomic E-state index is 3.98. The van der Waals surface area contributed by atoms with Gasteiger partial charge < -0.3 is 0 Å². The molecule has 0 fully saturated rings. The molecule has 0 aromatic carbocycles. The van der Waals surface area contributed by atoms with Crippen LogP contribution in [0.3, 0.4) is 0 Å². The van der Waals surface area contributed by atoms with E-state index < -0.39 is 27.3 Å². The summed E-state index contributed by atoms with van der Waals surface area (Å²) in [6.45, 7) is 0. The number of thiol groups is 1. The highest BCUT2D eigenvalue weighted by molar-refractivity contribution is 7.76. The van der Waals surface area contributed by atoms with Crippen molar-refractivity contribution in [2.45, 2.75) is 16.6 Å². The predicted molar refractivity (Wildman–Crippen MR) is 31.0 cm³/mol. The summed E-state index contributed by atoms with van der Waals surface area (Å²) in [7, 11) is -4.91. The minimum Gasteiger partial charge on any atom is -0.229 e.